The van der Waals surface area contributed by atoms with Gasteiger partial charge in [-0.15, -0.1) is 0 Å². The number of rotatable bonds is 8. The molecule has 0 fully saturated rings. The minimum absolute atomic E-state index is 0.0206. The third-order valence-electron chi connectivity index (χ3n) is 5.05. The predicted octanol–water partition coefficient (Wildman–Crippen LogP) is 5.53. The van der Waals surface area contributed by atoms with Gasteiger partial charge in [0.2, 0.25) is 5.75 Å². The zero-order valence-electron chi connectivity index (χ0n) is 19.3. The van der Waals surface area contributed by atoms with Gasteiger partial charge in [0.15, 0.2) is 5.75 Å². The molecule has 180 valence electrons. The van der Waals surface area contributed by atoms with Gasteiger partial charge in [-0.05, 0) is 66.9 Å². The number of halogens is 1. The predicted molar refractivity (Wildman–Crippen MR) is 135 cm³/mol. The Morgan fingerprint density at radius 1 is 1.11 bits per heavy atom. The van der Waals surface area contributed by atoms with Crippen molar-refractivity contribution < 1.29 is 22.1 Å². The molecule has 0 bridgehead atoms. The number of carbonyl (C=O) groups is 1. The molecule has 0 aromatic heterocycles. The topological polar surface area (TPSA) is 105 Å². The van der Waals surface area contributed by atoms with E-state index in [1.807, 2.05) is 32.0 Å². The van der Waals surface area contributed by atoms with Gasteiger partial charge in [-0.1, -0.05) is 48.4 Å². The molecule has 0 radical (unpaired) electrons. The molecule has 0 heterocycles. The van der Waals surface area contributed by atoms with Gasteiger partial charge in [-0.25, -0.2) is 0 Å². The lowest BCUT2D eigenvalue weighted by Crippen LogP contribution is -2.13. The van der Waals surface area contributed by atoms with Gasteiger partial charge in [0.05, 0.1) is 12.1 Å². The summed E-state index contributed by atoms with van der Waals surface area (Å²) in [5.41, 5.74) is 2.73. The number of ether oxygens (including phenoxy) is 1. The van der Waals surface area contributed by atoms with Crippen molar-refractivity contribution in [3.63, 3.8) is 0 Å². The van der Waals surface area contributed by atoms with E-state index in [9.17, 15) is 18.5 Å². The number of aryl methyl sites for hydroxylation is 2. The van der Waals surface area contributed by atoms with E-state index in [0.29, 0.717) is 11.3 Å². The van der Waals surface area contributed by atoms with Crippen molar-refractivity contribution in [2.24, 2.45) is 0 Å². The molecule has 3 aromatic rings. The first kappa shape index (κ1) is 25.8. The van der Waals surface area contributed by atoms with Crippen LogP contribution >= 0.6 is 11.6 Å². The standard InChI is InChI=1S/C26H23ClN2O5S/c1-4-18-7-9-21(10-8-18)29-26(30)20(16-28)13-19-14-23(27)25(24(15-19)33-3)34-35(31,32)22-11-5-17(2)6-12-22/h5-15H,4H2,1-3H3,(H,29,30)/b20-13+. The van der Waals surface area contributed by atoms with Crippen LogP contribution in [0.5, 0.6) is 11.5 Å². The third-order valence-corrected chi connectivity index (χ3v) is 6.57. The molecule has 7 nitrogen and oxygen atoms in total. The van der Waals surface area contributed by atoms with Crippen molar-refractivity contribution in [2.75, 3.05) is 12.4 Å². The number of carbonyl (C=O) groups excluding carboxylic acids is 1. The van der Waals surface area contributed by atoms with Crippen LogP contribution in [0, 0.1) is 18.3 Å². The van der Waals surface area contributed by atoms with E-state index < -0.39 is 16.0 Å². The van der Waals surface area contributed by atoms with E-state index in [1.54, 1.807) is 24.3 Å². The molecule has 0 saturated carbocycles. The van der Waals surface area contributed by atoms with Gasteiger partial charge in [0.1, 0.15) is 16.5 Å². The fourth-order valence-electron chi connectivity index (χ4n) is 3.10. The molecule has 0 aliphatic rings. The van der Waals surface area contributed by atoms with E-state index in [-0.39, 0.29) is 27.0 Å². The largest absolute Gasteiger partial charge is 0.493 e. The summed E-state index contributed by atoms with van der Waals surface area (Å²) >= 11 is 6.31. The van der Waals surface area contributed by atoms with Crippen LogP contribution in [0.1, 0.15) is 23.6 Å². The van der Waals surface area contributed by atoms with Crippen molar-refractivity contribution in [1.29, 1.82) is 5.26 Å². The van der Waals surface area contributed by atoms with Gasteiger partial charge < -0.3 is 14.2 Å². The van der Waals surface area contributed by atoms with Crippen molar-refractivity contribution in [2.45, 2.75) is 25.2 Å². The van der Waals surface area contributed by atoms with E-state index in [1.165, 1.54) is 37.5 Å². The van der Waals surface area contributed by atoms with Gasteiger partial charge in [0, 0.05) is 5.69 Å². The summed E-state index contributed by atoms with van der Waals surface area (Å²) in [6.45, 7) is 3.86. The summed E-state index contributed by atoms with van der Waals surface area (Å²) in [5.74, 6) is -0.785. The summed E-state index contributed by atoms with van der Waals surface area (Å²) in [6, 6.07) is 18.1. The molecule has 35 heavy (non-hydrogen) atoms. The maximum atomic E-state index is 12.7. The molecule has 0 aliphatic heterocycles. The van der Waals surface area contributed by atoms with E-state index in [0.717, 1.165) is 17.5 Å². The molecule has 0 saturated heterocycles. The highest BCUT2D eigenvalue weighted by atomic mass is 35.5. The number of methoxy groups -OCH3 is 1. The Kier molecular flexibility index (Phi) is 8.18. The molecular weight excluding hydrogens is 488 g/mol. The van der Waals surface area contributed by atoms with Gasteiger partial charge in [-0.3, -0.25) is 4.79 Å². The van der Waals surface area contributed by atoms with Crippen LogP contribution in [0.15, 0.2) is 71.1 Å². The van der Waals surface area contributed by atoms with Gasteiger partial charge in [0.25, 0.3) is 5.91 Å². The Labute approximate surface area is 209 Å². The SMILES string of the molecule is CCc1ccc(NC(=O)/C(C#N)=C/c2cc(Cl)c(OS(=O)(=O)c3ccc(C)cc3)c(OC)c2)cc1. The van der Waals surface area contributed by atoms with Crippen LogP contribution in [-0.4, -0.2) is 21.4 Å². The minimum Gasteiger partial charge on any atom is -0.493 e. The highest BCUT2D eigenvalue weighted by Crippen LogP contribution is 2.39. The number of amides is 1. The summed E-state index contributed by atoms with van der Waals surface area (Å²) < 4.78 is 35.9. The Bertz CT molecular complexity index is 1410. The quantitative estimate of drug-likeness (QED) is 0.242. The summed E-state index contributed by atoms with van der Waals surface area (Å²) in [4.78, 5) is 12.6. The second kappa shape index (κ2) is 11.1. The molecule has 9 heteroatoms. The number of benzene rings is 3. The van der Waals surface area contributed by atoms with Crippen molar-refractivity contribution >= 4 is 39.4 Å². The maximum absolute atomic E-state index is 12.7. The Hall–Kier alpha value is -3.80. The lowest BCUT2D eigenvalue weighted by molar-refractivity contribution is -0.112. The molecule has 0 aliphatic carbocycles. The Morgan fingerprint density at radius 2 is 1.77 bits per heavy atom. The maximum Gasteiger partial charge on any atom is 0.339 e. The third kappa shape index (κ3) is 6.41. The average molecular weight is 511 g/mol. The fourth-order valence-corrected chi connectivity index (χ4v) is 4.36. The number of nitrogens with one attached hydrogen (secondary N) is 1. The molecule has 3 aromatic carbocycles. The zero-order chi connectivity index (χ0) is 25.6. The van der Waals surface area contributed by atoms with Crippen LogP contribution in [0.3, 0.4) is 0 Å². The number of nitriles is 1. The van der Waals surface area contributed by atoms with Gasteiger partial charge in [-0.2, -0.15) is 13.7 Å². The second-order valence-electron chi connectivity index (χ2n) is 7.56. The molecule has 0 atom stereocenters. The van der Waals surface area contributed by atoms with E-state index >= 15 is 0 Å². The zero-order valence-corrected chi connectivity index (χ0v) is 20.9. The molecule has 3 rings (SSSR count). The molecule has 0 unspecified atom stereocenters. The normalized spacial score (nSPS) is 11.5. The van der Waals surface area contributed by atoms with Crippen LogP contribution in [0.4, 0.5) is 5.69 Å². The second-order valence-corrected chi connectivity index (χ2v) is 9.51. The highest BCUT2D eigenvalue weighted by Gasteiger charge is 2.22. The molecule has 1 N–H and O–H groups in total. The minimum atomic E-state index is -4.18. The molecule has 1 amide bonds. The van der Waals surface area contributed by atoms with Crippen LogP contribution in [0.25, 0.3) is 6.08 Å². The smallest absolute Gasteiger partial charge is 0.339 e. The first-order chi connectivity index (χ1) is 16.7. The first-order valence-electron chi connectivity index (χ1n) is 10.6. The molecular formula is C26H23ClN2O5S. The summed E-state index contributed by atoms with van der Waals surface area (Å²) in [5, 5.41) is 12.1. The summed E-state index contributed by atoms with van der Waals surface area (Å²) in [6.07, 6.45) is 2.19. The number of anilines is 1. The molecule has 0 spiro atoms. The number of hydrogen-bond acceptors (Lipinski definition) is 6. The summed E-state index contributed by atoms with van der Waals surface area (Å²) in [7, 11) is -2.85. The average Bonchev–Trinajstić information content (AvgIpc) is 2.84. The Balaban J connectivity index is 1.88. The lowest BCUT2D eigenvalue weighted by atomic mass is 10.1. The number of nitrogens with zero attached hydrogens (tertiary/aromatic N) is 1. The number of hydrogen-bond donors (Lipinski definition) is 1. The van der Waals surface area contributed by atoms with E-state index in [2.05, 4.69) is 5.32 Å². The van der Waals surface area contributed by atoms with Crippen molar-refractivity contribution in [3.8, 4) is 17.6 Å². The Morgan fingerprint density at radius 3 is 2.34 bits per heavy atom. The van der Waals surface area contributed by atoms with Crippen molar-refractivity contribution in [3.05, 3.63) is 87.9 Å². The van der Waals surface area contributed by atoms with Gasteiger partial charge >= 0.3 is 10.1 Å². The van der Waals surface area contributed by atoms with Crippen LogP contribution in [0.2, 0.25) is 5.02 Å². The first-order valence-corrected chi connectivity index (χ1v) is 12.4. The van der Waals surface area contributed by atoms with E-state index in [4.69, 9.17) is 20.5 Å². The highest BCUT2D eigenvalue weighted by molar-refractivity contribution is 7.87. The fraction of sp³-hybridized carbons (Fsp3) is 0.154. The van der Waals surface area contributed by atoms with Crippen molar-refractivity contribution in [1.82, 2.24) is 0 Å². The lowest BCUT2D eigenvalue weighted by Gasteiger charge is -2.13. The monoisotopic (exact) mass is 510 g/mol. The van der Waals surface area contributed by atoms with Crippen LogP contribution in [-0.2, 0) is 21.3 Å². The van der Waals surface area contributed by atoms with Crippen LogP contribution < -0.4 is 14.2 Å².